The lowest BCUT2D eigenvalue weighted by molar-refractivity contribution is 0.0697. The Hall–Kier alpha value is -3.19. The smallest absolute Gasteiger partial charge is 0.335 e. The maximum absolute atomic E-state index is 11.3. The number of aromatic nitrogens is 2. The Labute approximate surface area is 149 Å². The molecule has 2 heterocycles. The molecule has 7 nitrogen and oxygen atoms in total. The van der Waals surface area contributed by atoms with E-state index in [0.717, 1.165) is 30.4 Å². The first-order valence-electron chi connectivity index (χ1n) is 8.42. The minimum absolute atomic E-state index is 0.0567. The summed E-state index contributed by atoms with van der Waals surface area (Å²) in [6.07, 6.45) is 0.993. The van der Waals surface area contributed by atoms with Crippen molar-refractivity contribution in [3.8, 4) is 17.1 Å². The van der Waals surface area contributed by atoms with Gasteiger partial charge in [-0.05, 0) is 43.3 Å². The molecule has 1 aliphatic rings. The number of hydrogen-bond donors (Lipinski definition) is 4. The van der Waals surface area contributed by atoms with E-state index in [1.165, 1.54) is 18.2 Å². The largest absolute Gasteiger partial charge is 0.507 e. The van der Waals surface area contributed by atoms with E-state index in [-0.39, 0.29) is 23.2 Å². The van der Waals surface area contributed by atoms with Crippen LogP contribution in [0.2, 0.25) is 0 Å². The lowest BCUT2D eigenvalue weighted by Gasteiger charge is -2.15. The first-order chi connectivity index (χ1) is 12.6. The van der Waals surface area contributed by atoms with Crippen LogP contribution in [-0.4, -0.2) is 45.3 Å². The predicted octanol–water partition coefficient (Wildman–Crippen LogP) is 2.47. The number of nitrogens with zero attached hydrogens (tertiary/aromatic N) is 2. The van der Waals surface area contributed by atoms with E-state index >= 15 is 0 Å². The molecule has 0 spiro atoms. The molecular weight excluding hydrogens is 332 g/mol. The molecule has 4 N–H and O–H groups in total. The quantitative estimate of drug-likeness (QED) is 0.572. The Balaban J connectivity index is 1.85. The molecule has 0 aliphatic carbocycles. The van der Waals surface area contributed by atoms with Gasteiger partial charge in [0.15, 0.2) is 5.82 Å². The highest BCUT2D eigenvalue weighted by Gasteiger charge is 2.19. The molecule has 4 rings (SSSR count). The van der Waals surface area contributed by atoms with Crippen LogP contribution < -0.4 is 10.6 Å². The van der Waals surface area contributed by atoms with E-state index in [4.69, 9.17) is 0 Å². The summed E-state index contributed by atoms with van der Waals surface area (Å²) < 4.78 is 0. The van der Waals surface area contributed by atoms with Crippen molar-refractivity contribution >= 4 is 22.7 Å². The molecule has 7 heteroatoms. The van der Waals surface area contributed by atoms with Crippen LogP contribution in [-0.2, 0) is 0 Å². The highest BCUT2D eigenvalue weighted by molar-refractivity contribution is 5.93. The second kappa shape index (κ2) is 6.61. The Morgan fingerprint density at radius 2 is 2.04 bits per heavy atom. The molecule has 1 aromatic heterocycles. The number of carboxylic acids is 1. The van der Waals surface area contributed by atoms with Crippen molar-refractivity contribution < 1.29 is 15.0 Å². The van der Waals surface area contributed by atoms with Crippen LogP contribution in [0.5, 0.6) is 5.75 Å². The van der Waals surface area contributed by atoms with Gasteiger partial charge in [0.25, 0.3) is 0 Å². The van der Waals surface area contributed by atoms with E-state index in [9.17, 15) is 15.0 Å². The topological polar surface area (TPSA) is 107 Å². The van der Waals surface area contributed by atoms with E-state index in [1.54, 1.807) is 0 Å². The number of aromatic carboxylic acids is 1. The first-order valence-corrected chi connectivity index (χ1v) is 8.42. The summed E-state index contributed by atoms with van der Waals surface area (Å²) in [5, 5.41) is 27.1. The van der Waals surface area contributed by atoms with Crippen LogP contribution in [0.1, 0.15) is 16.8 Å². The zero-order valence-corrected chi connectivity index (χ0v) is 13.9. The molecule has 0 saturated carbocycles. The molecule has 2 aromatic carbocycles. The lowest BCUT2D eigenvalue weighted by Crippen LogP contribution is -2.23. The van der Waals surface area contributed by atoms with Gasteiger partial charge < -0.3 is 20.8 Å². The van der Waals surface area contributed by atoms with Crippen LogP contribution in [0.3, 0.4) is 0 Å². The van der Waals surface area contributed by atoms with E-state index in [0.29, 0.717) is 11.4 Å². The van der Waals surface area contributed by atoms with Crippen LogP contribution in [0.4, 0.5) is 5.82 Å². The maximum atomic E-state index is 11.3. The molecular formula is C19H18N4O3. The number of benzene rings is 2. The second-order valence-electron chi connectivity index (χ2n) is 6.28. The molecule has 1 unspecified atom stereocenters. The molecule has 1 saturated heterocycles. The number of aromatic hydroxyl groups is 1. The number of fused-ring (bicyclic) bond motifs is 1. The average Bonchev–Trinajstić information content (AvgIpc) is 3.15. The molecule has 0 amide bonds. The summed E-state index contributed by atoms with van der Waals surface area (Å²) in [5.41, 5.74) is 1.10. The number of carboxylic acid groups (broad SMARTS) is 1. The van der Waals surface area contributed by atoms with Gasteiger partial charge in [0, 0.05) is 18.0 Å². The highest BCUT2D eigenvalue weighted by Crippen LogP contribution is 2.31. The number of carbonyl (C=O) groups is 1. The molecule has 3 aromatic rings. The Morgan fingerprint density at radius 1 is 1.19 bits per heavy atom. The average molecular weight is 350 g/mol. The normalized spacial score (nSPS) is 16.7. The van der Waals surface area contributed by atoms with Gasteiger partial charge in [-0.3, -0.25) is 0 Å². The lowest BCUT2D eigenvalue weighted by atomic mass is 10.1. The van der Waals surface area contributed by atoms with E-state index in [1.807, 2.05) is 24.3 Å². The number of para-hydroxylation sites is 1. The van der Waals surface area contributed by atoms with Gasteiger partial charge in [0.1, 0.15) is 11.6 Å². The molecule has 0 radical (unpaired) electrons. The summed E-state index contributed by atoms with van der Waals surface area (Å²) in [6, 6.07) is 12.0. The summed E-state index contributed by atoms with van der Waals surface area (Å²) in [7, 11) is 0. The zero-order chi connectivity index (χ0) is 18.1. The number of phenolic OH excluding ortho intramolecular Hbond substituents is 1. The maximum Gasteiger partial charge on any atom is 0.335 e. The van der Waals surface area contributed by atoms with Crippen molar-refractivity contribution in [2.75, 3.05) is 18.4 Å². The van der Waals surface area contributed by atoms with Crippen molar-refractivity contribution in [3.63, 3.8) is 0 Å². The number of hydrogen-bond acceptors (Lipinski definition) is 6. The van der Waals surface area contributed by atoms with Gasteiger partial charge in [0.2, 0.25) is 0 Å². The first kappa shape index (κ1) is 16.3. The Bertz CT molecular complexity index is 984. The third-order valence-corrected chi connectivity index (χ3v) is 4.49. The number of phenols is 1. The van der Waals surface area contributed by atoms with Gasteiger partial charge in [-0.1, -0.05) is 12.1 Å². The third kappa shape index (κ3) is 3.04. The van der Waals surface area contributed by atoms with E-state index in [2.05, 4.69) is 20.6 Å². The van der Waals surface area contributed by atoms with Gasteiger partial charge in [-0.2, -0.15) is 0 Å². The van der Waals surface area contributed by atoms with Crippen molar-refractivity contribution in [2.24, 2.45) is 0 Å². The summed E-state index contributed by atoms with van der Waals surface area (Å²) >= 11 is 0. The molecule has 132 valence electrons. The van der Waals surface area contributed by atoms with Crippen LogP contribution in [0, 0.1) is 0 Å². The second-order valence-corrected chi connectivity index (χ2v) is 6.28. The Kier molecular flexibility index (Phi) is 4.14. The minimum Gasteiger partial charge on any atom is -0.507 e. The van der Waals surface area contributed by atoms with Crippen molar-refractivity contribution in [3.05, 3.63) is 48.0 Å². The molecule has 1 atom stereocenters. The van der Waals surface area contributed by atoms with Crippen LogP contribution in [0.15, 0.2) is 42.5 Å². The fourth-order valence-corrected chi connectivity index (χ4v) is 3.13. The van der Waals surface area contributed by atoms with Gasteiger partial charge in [-0.15, -0.1) is 0 Å². The van der Waals surface area contributed by atoms with Gasteiger partial charge in [0.05, 0.1) is 16.6 Å². The minimum atomic E-state index is -1.07. The zero-order valence-electron chi connectivity index (χ0n) is 13.9. The van der Waals surface area contributed by atoms with Gasteiger partial charge in [-0.25, -0.2) is 14.8 Å². The Morgan fingerprint density at radius 3 is 2.81 bits per heavy atom. The van der Waals surface area contributed by atoms with E-state index < -0.39 is 5.97 Å². The number of rotatable bonds is 4. The molecule has 26 heavy (non-hydrogen) atoms. The summed E-state index contributed by atoms with van der Waals surface area (Å²) in [6.45, 7) is 1.81. The fraction of sp³-hybridized carbons (Fsp3) is 0.211. The van der Waals surface area contributed by atoms with Crippen LogP contribution >= 0.6 is 0 Å². The van der Waals surface area contributed by atoms with Crippen molar-refractivity contribution in [2.45, 2.75) is 12.5 Å². The summed E-state index contributed by atoms with van der Waals surface area (Å²) in [5.74, 6) is -0.154. The molecule has 1 fully saturated rings. The fourth-order valence-electron chi connectivity index (χ4n) is 3.13. The highest BCUT2D eigenvalue weighted by atomic mass is 16.4. The van der Waals surface area contributed by atoms with Crippen molar-refractivity contribution in [1.82, 2.24) is 15.3 Å². The standard InChI is InChI=1S/C19H18N4O3/c24-16-6-5-11(19(25)26)9-14(16)18-22-15-4-2-1-3-13(15)17(23-18)21-12-7-8-20-10-12/h1-6,9,12,20,24H,7-8,10H2,(H,25,26)(H,21,22,23). The predicted molar refractivity (Wildman–Crippen MR) is 98.5 cm³/mol. The summed E-state index contributed by atoms with van der Waals surface area (Å²) in [4.78, 5) is 20.4. The monoisotopic (exact) mass is 350 g/mol. The van der Waals surface area contributed by atoms with Crippen molar-refractivity contribution in [1.29, 1.82) is 0 Å². The number of nitrogens with one attached hydrogen (secondary N) is 2. The van der Waals surface area contributed by atoms with Crippen LogP contribution in [0.25, 0.3) is 22.3 Å². The molecule has 1 aliphatic heterocycles. The molecule has 0 bridgehead atoms. The SMILES string of the molecule is O=C(O)c1ccc(O)c(-c2nc(NC3CCNC3)c3ccccc3n2)c1. The van der Waals surface area contributed by atoms with Gasteiger partial charge >= 0.3 is 5.97 Å². The third-order valence-electron chi connectivity index (χ3n) is 4.49. The number of anilines is 1.